The number of hydrogen-bond acceptors (Lipinski definition) is 5. The van der Waals surface area contributed by atoms with Gasteiger partial charge in [0.15, 0.2) is 5.69 Å². The Morgan fingerprint density at radius 2 is 1.55 bits per heavy atom. The van der Waals surface area contributed by atoms with E-state index in [0.717, 1.165) is 4.68 Å². The number of nitrogens with one attached hydrogen (secondary N) is 1. The molecule has 4 aromatic rings. The maximum atomic E-state index is 13.2. The molecule has 1 amide bonds. The number of aromatic nitrogens is 2. The third-order valence-electron chi connectivity index (χ3n) is 4.70. The van der Waals surface area contributed by atoms with E-state index in [1.807, 2.05) is 0 Å². The van der Waals surface area contributed by atoms with Crippen LogP contribution in [-0.4, -0.2) is 29.9 Å². The second-order valence-electron chi connectivity index (χ2n) is 6.64. The van der Waals surface area contributed by atoms with Gasteiger partial charge in [0.05, 0.1) is 25.3 Å². The largest absolute Gasteiger partial charge is 0.497 e. The number of carbonyl (C=O) groups is 1. The third kappa shape index (κ3) is 3.95. The van der Waals surface area contributed by atoms with Gasteiger partial charge >= 0.3 is 0 Å². The van der Waals surface area contributed by atoms with Gasteiger partial charge in [-0.25, -0.2) is 4.39 Å². The lowest BCUT2D eigenvalue weighted by atomic mass is 10.1. The van der Waals surface area contributed by atoms with E-state index in [-0.39, 0.29) is 5.69 Å². The Morgan fingerprint density at radius 1 is 0.935 bits per heavy atom. The Balaban J connectivity index is 1.89. The molecule has 0 unspecified atom stereocenters. The van der Waals surface area contributed by atoms with Crippen molar-refractivity contribution in [1.82, 2.24) is 9.78 Å². The first-order valence-electron chi connectivity index (χ1n) is 9.32. The molecule has 4 rings (SSSR count). The lowest BCUT2D eigenvalue weighted by Crippen LogP contribution is -2.26. The van der Waals surface area contributed by atoms with Crippen molar-refractivity contribution in [3.8, 4) is 17.2 Å². The van der Waals surface area contributed by atoms with Crippen molar-refractivity contribution in [3.05, 3.63) is 88.6 Å². The van der Waals surface area contributed by atoms with Crippen LogP contribution in [0.15, 0.2) is 71.5 Å². The number of fused-ring (bicyclic) bond motifs is 1. The van der Waals surface area contributed by atoms with Gasteiger partial charge in [0.25, 0.3) is 11.5 Å². The normalized spacial score (nSPS) is 10.7. The molecule has 31 heavy (non-hydrogen) atoms. The van der Waals surface area contributed by atoms with Crippen LogP contribution in [0.4, 0.5) is 10.1 Å². The van der Waals surface area contributed by atoms with Crippen LogP contribution in [0.5, 0.6) is 11.5 Å². The monoisotopic (exact) mass is 419 g/mol. The zero-order chi connectivity index (χ0) is 22.0. The van der Waals surface area contributed by atoms with Crippen molar-refractivity contribution in [3.63, 3.8) is 0 Å². The van der Waals surface area contributed by atoms with E-state index in [9.17, 15) is 14.0 Å². The molecule has 1 aromatic heterocycles. The molecule has 0 atom stereocenters. The minimum absolute atomic E-state index is 0.0429. The molecule has 156 valence electrons. The van der Waals surface area contributed by atoms with Crippen LogP contribution in [0, 0.1) is 5.82 Å². The maximum absolute atomic E-state index is 13.2. The van der Waals surface area contributed by atoms with Gasteiger partial charge < -0.3 is 14.8 Å². The number of methoxy groups -OCH3 is 2. The highest BCUT2D eigenvalue weighted by molar-refractivity contribution is 6.11. The number of rotatable bonds is 5. The highest BCUT2D eigenvalue weighted by Crippen LogP contribution is 2.25. The number of anilines is 1. The summed E-state index contributed by atoms with van der Waals surface area (Å²) < 4.78 is 24.9. The van der Waals surface area contributed by atoms with Crippen LogP contribution in [0.1, 0.15) is 10.5 Å². The van der Waals surface area contributed by atoms with Crippen LogP contribution < -0.4 is 20.3 Å². The van der Waals surface area contributed by atoms with Crippen LogP contribution in [0.25, 0.3) is 16.5 Å². The van der Waals surface area contributed by atoms with Crippen molar-refractivity contribution < 1.29 is 18.7 Å². The summed E-state index contributed by atoms with van der Waals surface area (Å²) in [4.78, 5) is 26.2. The van der Waals surface area contributed by atoms with Crippen molar-refractivity contribution in [1.29, 1.82) is 0 Å². The minimum atomic E-state index is -0.536. The van der Waals surface area contributed by atoms with E-state index < -0.39 is 17.3 Å². The summed E-state index contributed by atoms with van der Waals surface area (Å²) in [5.41, 5.74) is 0.423. The lowest BCUT2D eigenvalue weighted by molar-refractivity contribution is 0.102. The topological polar surface area (TPSA) is 82.4 Å². The molecule has 3 aromatic carbocycles. The highest BCUT2D eigenvalue weighted by Gasteiger charge is 2.18. The van der Waals surface area contributed by atoms with Crippen LogP contribution in [0.2, 0.25) is 0 Å². The van der Waals surface area contributed by atoms with E-state index in [1.165, 1.54) is 38.5 Å². The molecule has 0 aliphatic carbocycles. The van der Waals surface area contributed by atoms with E-state index >= 15 is 0 Å². The summed E-state index contributed by atoms with van der Waals surface area (Å²) in [6, 6.07) is 17.0. The molecule has 0 radical (unpaired) electrons. The summed E-state index contributed by atoms with van der Waals surface area (Å²) >= 11 is 0. The summed E-state index contributed by atoms with van der Waals surface area (Å²) in [7, 11) is 2.99. The maximum Gasteiger partial charge on any atom is 0.279 e. The fraction of sp³-hybridized carbons (Fsp3) is 0.0870. The smallest absolute Gasteiger partial charge is 0.279 e. The fourth-order valence-corrected chi connectivity index (χ4v) is 3.17. The van der Waals surface area contributed by atoms with Gasteiger partial charge in [0.1, 0.15) is 17.3 Å². The predicted molar refractivity (Wildman–Crippen MR) is 115 cm³/mol. The summed E-state index contributed by atoms with van der Waals surface area (Å²) in [6.07, 6.45) is 0. The Bertz CT molecular complexity index is 1310. The fourth-order valence-electron chi connectivity index (χ4n) is 3.17. The molecule has 1 N–H and O–H groups in total. The molecule has 1 heterocycles. The number of nitrogens with zero attached hydrogens (tertiary/aromatic N) is 2. The number of hydrogen-bond donors (Lipinski definition) is 1. The number of ether oxygens (including phenoxy) is 2. The van der Waals surface area contributed by atoms with Gasteiger partial charge in [0, 0.05) is 29.3 Å². The Kier molecular flexibility index (Phi) is 5.36. The van der Waals surface area contributed by atoms with Gasteiger partial charge in [-0.05, 0) is 30.3 Å². The Hall–Kier alpha value is -4.20. The first-order chi connectivity index (χ1) is 15.0. The zero-order valence-corrected chi connectivity index (χ0v) is 16.8. The number of halogens is 1. The first kappa shape index (κ1) is 20.1. The van der Waals surface area contributed by atoms with Crippen molar-refractivity contribution in [2.24, 2.45) is 0 Å². The van der Waals surface area contributed by atoms with E-state index in [0.29, 0.717) is 33.6 Å². The van der Waals surface area contributed by atoms with E-state index in [1.54, 1.807) is 42.5 Å². The van der Waals surface area contributed by atoms with E-state index in [2.05, 4.69) is 10.4 Å². The Labute approximate surface area is 176 Å². The molecule has 0 saturated carbocycles. The van der Waals surface area contributed by atoms with Crippen molar-refractivity contribution in [2.45, 2.75) is 0 Å². The first-order valence-corrected chi connectivity index (χ1v) is 9.32. The second kappa shape index (κ2) is 8.27. The van der Waals surface area contributed by atoms with Gasteiger partial charge in [-0.2, -0.15) is 9.78 Å². The van der Waals surface area contributed by atoms with Crippen LogP contribution in [0.3, 0.4) is 0 Å². The van der Waals surface area contributed by atoms with Gasteiger partial charge in [-0.3, -0.25) is 9.59 Å². The molecular weight excluding hydrogens is 401 g/mol. The van der Waals surface area contributed by atoms with E-state index in [4.69, 9.17) is 9.47 Å². The highest BCUT2D eigenvalue weighted by atomic mass is 19.1. The molecule has 0 spiro atoms. The van der Waals surface area contributed by atoms with Crippen molar-refractivity contribution in [2.75, 3.05) is 19.5 Å². The van der Waals surface area contributed by atoms with Gasteiger partial charge in [-0.15, -0.1) is 0 Å². The predicted octanol–water partition coefficient (Wildman–Crippen LogP) is 3.79. The quantitative estimate of drug-likeness (QED) is 0.532. The van der Waals surface area contributed by atoms with Crippen LogP contribution >= 0.6 is 0 Å². The molecule has 0 bridgehead atoms. The average Bonchev–Trinajstić information content (AvgIpc) is 2.80. The summed E-state index contributed by atoms with van der Waals surface area (Å²) in [6.45, 7) is 0. The molecule has 0 aliphatic rings. The number of benzene rings is 3. The van der Waals surface area contributed by atoms with Gasteiger partial charge in [0.2, 0.25) is 0 Å². The summed E-state index contributed by atoms with van der Waals surface area (Å²) in [5.74, 6) is -0.0180. The molecule has 0 fully saturated rings. The molecule has 0 aliphatic heterocycles. The second-order valence-corrected chi connectivity index (χ2v) is 6.64. The third-order valence-corrected chi connectivity index (χ3v) is 4.70. The number of carbonyl (C=O) groups excluding carboxylic acids is 1. The Morgan fingerprint density at radius 3 is 2.16 bits per heavy atom. The molecular formula is C23H18FN3O4. The zero-order valence-electron chi connectivity index (χ0n) is 16.8. The molecule has 7 nitrogen and oxygen atoms in total. The van der Waals surface area contributed by atoms with Gasteiger partial charge in [-0.1, -0.05) is 18.2 Å². The number of amides is 1. The SMILES string of the molecule is COc1cc(OC)cc(-n2nc(C(=O)Nc3ccc(F)cc3)c3ccccc3c2=O)c1. The molecule has 0 saturated heterocycles. The standard InChI is InChI=1S/C23H18FN3O4/c1-30-17-11-16(12-18(13-17)31-2)27-23(29)20-6-4-3-5-19(20)21(26-27)22(28)25-15-9-7-14(24)8-10-15/h3-13H,1-2H3,(H,25,28). The summed E-state index contributed by atoms with van der Waals surface area (Å²) in [5, 5.41) is 7.75. The van der Waals surface area contributed by atoms with Crippen molar-refractivity contribution >= 4 is 22.4 Å². The lowest BCUT2D eigenvalue weighted by Gasteiger charge is -2.13. The average molecular weight is 419 g/mol. The molecule has 8 heteroatoms. The minimum Gasteiger partial charge on any atom is -0.497 e. The van der Waals surface area contributed by atoms with Crippen LogP contribution in [-0.2, 0) is 0 Å².